The maximum Gasteiger partial charge on any atom is 0.122 e. The average molecular weight is 332 g/mol. The maximum atomic E-state index is 10.4. The molecular weight excluding hydrogens is 300 g/mol. The number of nitrogens with zero attached hydrogens (tertiary/aromatic N) is 2. The van der Waals surface area contributed by atoms with E-state index in [1.807, 2.05) is 31.2 Å². The van der Waals surface area contributed by atoms with Crippen LogP contribution in [0.15, 0.2) is 24.3 Å². The minimum atomic E-state index is -0.436. The largest absolute Gasteiger partial charge is 0.491 e. The molecule has 0 spiro atoms. The Bertz CT molecular complexity index is 534. The minimum absolute atomic E-state index is 0.364. The lowest BCUT2D eigenvalue weighted by molar-refractivity contribution is 0.0629. The van der Waals surface area contributed by atoms with Gasteiger partial charge in [-0.15, -0.1) is 0 Å². The number of β-amino-alcohol motifs (C(OH)–C–C–N with tert-alkyl or cyclic N) is 1. The molecule has 2 aliphatic heterocycles. The standard InChI is InChI=1S/C20H32N2O2/c1-15(2)22-17-8-9-18(22)12-21(11-10-17)13-19(23)14-24-20-7-5-4-6-16(20)3/h4-7,15,17-19,23H,8-14H2,1-3H3. The first-order valence-corrected chi connectivity index (χ1v) is 9.41. The monoisotopic (exact) mass is 332 g/mol. The maximum absolute atomic E-state index is 10.4. The van der Waals surface area contributed by atoms with Crippen molar-refractivity contribution in [3.05, 3.63) is 29.8 Å². The first-order valence-electron chi connectivity index (χ1n) is 9.41. The van der Waals surface area contributed by atoms with Crippen molar-refractivity contribution in [2.45, 2.75) is 64.3 Å². The van der Waals surface area contributed by atoms with E-state index in [0.717, 1.165) is 30.4 Å². The molecule has 2 heterocycles. The zero-order chi connectivity index (χ0) is 17.1. The summed E-state index contributed by atoms with van der Waals surface area (Å²) < 4.78 is 5.81. The molecule has 0 saturated carbocycles. The Morgan fingerprint density at radius 2 is 1.92 bits per heavy atom. The molecule has 0 aromatic heterocycles. The first kappa shape index (κ1) is 17.7. The highest BCUT2D eigenvalue weighted by Gasteiger charge is 2.38. The van der Waals surface area contributed by atoms with Crippen LogP contribution in [0.5, 0.6) is 5.75 Å². The van der Waals surface area contributed by atoms with Gasteiger partial charge in [-0.2, -0.15) is 0 Å². The van der Waals surface area contributed by atoms with Gasteiger partial charge in [0.15, 0.2) is 0 Å². The van der Waals surface area contributed by atoms with Gasteiger partial charge in [-0.25, -0.2) is 0 Å². The summed E-state index contributed by atoms with van der Waals surface area (Å²) in [6, 6.07) is 9.99. The molecule has 2 fully saturated rings. The third kappa shape index (κ3) is 4.11. The van der Waals surface area contributed by atoms with Gasteiger partial charge < -0.3 is 9.84 Å². The number of rotatable bonds is 6. The summed E-state index contributed by atoms with van der Waals surface area (Å²) in [4.78, 5) is 5.14. The van der Waals surface area contributed by atoms with E-state index >= 15 is 0 Å². The second kappa shape index (κ2) is 7.85. The summed E-state index contributed by atoms with van der Waals surface area (Å²) in [5, 5.41) is 10.4. The molecular formula is C20H32N2O2. The van der Waals surface area contributed by atoms with Gasteiger partial charge in [-0.3, -0.25) is 9.80 Å². The molecule has 3 rings (SSSR count). The molecule has 2 bridgehead atoms. The van der Waals surface area contributed by atoms with Crippen LogP contribution >= 0.6 is 0 Å². The first-order chi connectivity index (χ1) is 11.5. The summed E-state index contributed by atoms with van der Waals surface area (Å²) in [6.45, 7) is 9.90. The van der Waals surface area contributed by atoms with E-state index in [0.29, 0.717) is 25.2 Å². The fourth-order valence-electron chi connectivity index (χ4n) is 4.45. The van der Waals surface area contributed by atoms with Crippen molar-refractivity contribution in [2.24, 2.45) is 0 Å². The van der Waals surface area contributed by atoms with Crippen LogP contribution in [-0.4, -0.2) is 65.4 Å². The topological polar surface area (TPSA) is 35.9 Å². The molecule has 3 unspecified atom stereocenters. The minimum Gasteiger partial charge on any atom is -0.491 e. The molecule has 4 nitrogen and oxygen atoms in total. The van der Waals surface area contributed by atoms with Crippen molar-refractivity contribution in [1.82, 2.24) is 9.80 Å². The SMILES string of the molecule is Cc1ccccc1OCC(O)CN1CCC2CCC(C1)N2C(C)C. The highest BCUT2D eigenvalue weighted by Crippen LogP contribution is 2.32. The summed E-state index contributed by atoms with van der Waals surface area (Å²) in [7, 11) is 0. The molecule has 1 aromatic rings. The number of aliphatic hydroxyl groups is 1. The lowest BCUT2D eigenvalue weighted by Gasteiger charge is -2.32. The zero-order valence-corrected chi connectivity index (χ0v) is 15.3. The highest BCUT2D eigenvalue weighted by atomic mass is 16.5. The van der Waals surface area contributed by atoms with Gasteiger partial charge in [0.05, 0.1) is 0 Å². The number of hydrogen-bond acceptors (Lipinski definition) is 4. The van der Waals surface area contributed by atoms with E-state index < -0.39 is 6.10 Å². The number of aryl methyl sites for hydroxylation is 1. The van der Waals surface area contributed by atoms with E-state index in [4.69, 9.17) is 4.74 Å². The molecule has 0 amide bonds. The van der Waals surface area contributed by atoms with Gasteiger partial charge >= 0.3 is 0 Å². The zero-order valence-electron chi connectivity index (χ0n) is 15.3. The Hall–Kier alpha value is -1.10. The highest BCUT2D eigenvalue weighted by molar-refractivity contribution is 5.31. The Kier molecular flexibility index (Phi) is 5.80. The molecule has 2 aliphatic rings. The van der Waals surface area contributed by atoms with Crippen LogP contribution in [0.3, 0.4) is 0 Å². The molecule has 24 heavy (non-hydrogen) atoms. The van der Waals surface area contributed by atoms with E-state index in [1.165, 1.54) is 19.3 Å². The van der Waals surface area contributed by atoms with Crippen LogP contribution in [-0.2, 0) is 0 Å². The van der Waals surface area contributed by atoms with Crippen LogP contribution in [0.2, 0.25) is 0 Å². The van der Waals surface area contributed by atoms with Gasteiger partial charge in [0.2, 0.25) is 0 Å². The molecule has 1 N–H and O–H groups in total. The van der Waals surface area contributed by atoms with E-state index in [-0.39, 0.29) is 0 Å². The van der Waals surface area contributed by atoms with Gasteiger partial charge in [0.1, 0.15) is 18.5 Å². The van der Waals surface area contributed by atoms with Crippen LogP contribution < -0.4 is 4.74 Å². The Morgan fingerprint density at radius 1 is 1.17 bits per heavy atom. The third-order valence-electron chi connectivity index (χ3n) is 5.51. The van der Waals surface area contributed by atoms with Crippen molar-refractivity contribution in [1.29, 1.82) is 0 Å². The van der Waals surface area contributed by atoms with Crippen LogP contribution in [0, 0.1) is 6.92 Å². The Labute approximate surface area is 146 Å². The summed E-state index contributed by atoms with van der Waals surface area (Å²) in [5.74, 6) is 0.873. The van der Waals surface area contributed by atoms with E-state index in [1.54, 1.807) is 0 Å². The molecule has 3 atom stereocenters. The summed E-state index contributed by atoms with van der Waals surface area (Å²) in [6.07, 6.45) is 3.43. The predicted molar refractivity (Wildman–Crippen MR) is 97.5 cm³/mol. The fraction of sp³-hybridized carbons (Fsp3) is 0.700. The second-order valence-corrected chi connectivity index (χ2v) is 7.70. The lowest BCUT2D eigenvalue weighted by Crippen LogP contribution is -2.44. The summed E-state index contributed by atoms with van der Waals surface area (Å²) in [5.41, 5.74) is 1.12. The Morgan fingerprint density at radius 3 is 2.67 bits per heavy atom. The van der Waals surface area contributed by atoms with Crippen LogP contribution in [0.4, 0.5) is 0 Å². The van der Waals surface area contributed by atoms with Crippen molar-refractivity contribution < 1.29 is 9.84 Å². The van der Waals surface area contributed by atoms with Crippen LogP contribution in [0.1, 0.15) is 38.7 Å². The van der Waals surface area contributed by atoms with E-state index in [2.05, 4.69) is 23.6 Å². The smallest absolute Gasteiger partial charge is 0.122 e. The average Bonchev–Trinajstić information content (AvgIpc) is 2.84. The molecule has 0 radical (unpaired) electrons. The summed E-state index contributed by atoms with van der Waals surface area (Å²) >= 11 is 0. The number of ether oxygens (including phenoxy) is 1. The van der Waals surface area contributed by atoms with Crippen LogP contribution in [0.25, 0.3) is 0 Å². The number of hydrogen-bond donors (Lipinski definition) is 1. The number of fused-ring (bicyclic) bond motifs is 2. The predicted octanol–water partition coefficient (Wildman–Crippen LogP) is 2.68. The number of aliphatic hydroxyl groups excluding tert-OH is 1. The molecule has 134 valence electrons. The Balaban J connectivity index is 1.50. The number of benzene rings is 1. The van der Waals surface area contributed by atoms with Gasteiger partial charge in [0.25, 0.3) is 0 Å². The molecule has 0 aliphatic carbocycles. The normalized spacial score (nSPS) is 26.5. The van der Waals surface area contributed by atoms with Crippen molar-refractivity contribution in [2.75, 3.05) is 26.2 Å². The van der Waals surface area contributed by atoms with Crippen molar-refractivity contribution in [3.8, 4) is 5.75 Å². The molecule has 2 saturated heterocycles. The van der Waals surface area contributed by atoms with Gasteiger partial charge in [-0.05, 0) is 58.2 Å². The van der Waals surface area contributed by atoms with Gasteiger partial charge in [0, 0.05) is 31.2 Å². The molecule has 1 aromatic carbocycles. The number of para-hydroxylation sites is 1. The van der Waals surface area contributed by atoms with Gasteiger partial charge in [-0.1, -0.05) is 18.2 Å². The van der Waals surface area contributed by atoms with E-state index in [9.17, 15) is 5.11 Å². The number of likely N-dealkylation sites (tertiary alicyclic amines) is 1. The van der Waals surface area contributed by atoms with Crippen molar-refractivity contribution in [3.63, 3.8) is 0 Å². The quantitative estimate of drug-likeness (QED) is 0.869. The third-order valence-corrected chi connectivity index (χ3v) is 5.51. The van der Waals surface area contributed by atoms with Crippen molar-refractivity contribution >= 4 is 0 Å². The fourth-order valence-corrected chi connectivity index (χ4v) is 4.45. The second-order valence-electron chi connectivity index (χ2n) is 7.70. The molecule has 4 heteroatoms. The lowest BCUT2D eigenvalue weighted by atomic mass is 10.1.